The Kier molecular flexibility index (Phi) is 5.19. The maximum absolute atomic E-state index is 11.6. The molecule has 0 aliphatic carbocycles. The molecular formula is C8H18N2O4S. The van der Waals surface area contributed by atoms with Gasteiger partial charge in [0, 0.05) is 27.7 Å². The van der Waals surface area contributed by atoms with E-state index in [-0.39, 0.29) is 6.54 Å². The monoisotopic (exact) mass is 238 g/mol. The standard InChI is InChI=1S/C8H18N2O4S/c1-7(8(11)14-5)6-10(4)15(12,13)9(2)3/h7H,6H2,1-5H3. The Morgan fingerprint density at radius 2 is 1.80 bits per heavy atom. The van der Waals surface area contributed by atoms with Crippen LogP contribution in [-0.4, -0.2) is 57.8 Å². The van der Waals surface area contributed by atoms with E-state index in [9.17, 15) is 13.2 Å². The third-order valence-corrected chi connectivity index (χ3v) is 3.85. The summed E-state index contributed by atoms with van der Waals surface area (Å²) in [6, 6.07) is 0. The van der Waals surface area contributed by atoms with Crippen LogP contribution in [0.3, 0.4) is 0 Å². The predicted molar refractivity (Wildman–Crippen MR) is 56.4 cm³/mol. The highest BCUT2D eigenvalue weighted by molar-refractivity contribution is 7.86. The molecule has 0 radical (unpaired) electrons. The van der Waals surface area contributed by atoms with Crippen LogP contribution in [0.5, 0.6) is 0 Å². The fourth-order valence-corrected chi connectivity index (χ4v) is 2.00. The van der Waals surface area contributed by atoms with Gasteiger partial charge in [-0.25, -0.2) is 0 Å². The van der Waals surface area contributed by atoms with E-state index in [1.807, 2.05) is 0 Å². The van der Waals surface area contributed by atoms with Crippen LogP contribution in [0.1, 0.15) is 6.92 Å². The number of carbonyl (C=O) groups excluding carboxylic acids is 1. The van der Waals surface area contributed by atoms with Crippen molar-refractivity contribution < 1.29 is 17.9 Å². The van der Waals surface area contributed by atoms with Crippen LogP contribution >= 0.6 is 0 Å². The van der Waals surface area contributed by atoms with Gasteiger partial charge in [0.1, 0.15) is 0 Å². The molecule has 0 spiro atoms. The molecule has 1 atom stereocenters. The highest BCUT2D eigenvalue weighted by atomic mass is 32.2. The zero-order valence-electron chi connectivity index (χ0n) is 9.72. The van der Waals surface area contributed by atoms with Gasteiger partial charge in [-0.1, -0.05) is 6.92 Å². The molecule has 0 aliphatic heterocycles. The second-order valence-electron chi connectivity index (χ2n) is 3.49. The summed E-state index contributed by atoms with van der Waals surface area (Å²) in [5, 5.41) is 0. The minimum atomic E-state index is -3.45. The van der Waals surface area contributed by atoms with Crippen LogP contribution in [0.2, 0.25) is 0 Å². The molecule has 0 bridgehead atoms. The molecule has 0 N–H and O–H groups in total. The summed E-state index contributed by atoms with van der Waals surface area (Å²) in [5.74, 6) is -0.898. The molecular weight excluding hydrogens is 220 g/mol. The highest BCUT2D eigenvalue weighted by Gasteiger charge is 2.25. The van der Waals surface area contributed by atoms with E-state index in [2.05, 4.69) is 4.74 Å². The van der Waals surface area contributed by atoms with Gasteiger partial charge in [-0.05, 0) is 0 Å². The molecule has 6 nitrogen and oxygen atoms in total. The number of hydrogen-bond donors (Lipinski definition) is 0. The molecule has 0 amide bonds. The van der Waals surface area contributed by atoms with Gasteiger partial charge in [0.25, 0.3) is 10.2 Å². The maximum Gasteiger partial charge on any atom is 0.309 e. The van der Waals surface area contributed by atoms with E-state index < -0.39 is 22.1 Å². The minimum Gasteiger partial charge on any atom is -0.469 e. The van der Waals surface area contributed by atoms with Crippen molar-refractivity contribution >= 4 is 16.2 Å². The summed E-state index contributed by atoms with van der Waals surface area (Å²) in [4.78, 5) is 11.1. The molecule has 0 aliphatic rings. The number of methoxy groups -OCH3 is 1. The first-order valence-electron chi connectivity index (χ1n) is 4.45. The highest BCUT2D eigenvalue weighted by Crippen LogP contribution is 2.06. The molecule has 0 aromatic rings. The first-order chi connectivity index (χ1) is 6.73. The molecule has 0 aromatic carbocycles. The molecule has 1 unspecified atom stereocenters. The topological polar surface area (TPSA) is 66.9 Å². The summed E-state index contributed by atoms with van der Waals surface area (Å²) in [5.41, 5.74) is 0. The molecule has 0 saturated carbocycles. The normalized spacial score (nSPS) is 14.3. The lowest BCUT2D eigenvalue weighted by molar-refractivity contribution is -0.145. The number of ether oxygens (including phenoxy) is 1. The van der Waals surface area contributed by atoms with Crippen molar-refractivity contribution in [1.82, 2.24) is 8.61 Å². The van der Waals surface area contributed by atoms with E-state index in [1.54, 1.807) is 6.92 Å². The Bertz CT molecular complexity index is 313. The van der Waals surface area contributed by atoms with Gasteiger partial charge in [-0.2, -0.15) is 17.0 Å². The summed E-state index contributed by atoms with van der Waals surface area (Å²) in [7, 11) is 2.13. The van der Waals surface area contributed by atoms with E-state index >= 15 is 0 Å². The fourth-order valence-electron chi connectivity index (χ4n) is 1.03. The lowest BCUT2D eigenvalue weighted by atomic mass is 10.2. The average molecular weight is 238 g/mol. The SMILES string of the molecule is COC(=O)C(C)CN(C)S(=O)(=O)N(C)C. The van der Waals surface area contributed by atoms with Gasteiger partial charge in [0.2, 0.25) is 0 Å². The largest absolute Gasteiger partial charge is 0.469 e. The van der Waals surface area contributed by atoms with Crippen molar-refractivity contribution in [1.29, 1.82) is 0 Å². The van der Waals surface area contributed by atoms with Gasteiger partial charge in [0.05, 0.1) is 13.0 Å². The second-order valence-corrected chi connectivity index (χ2v) is 5.74. The maximum atomic E-state index is 11.6. The van der Waals surface area contributed by atoms with Crippen LogP contribution < -0.4 is 0 Å². The van der Waals surface area contributed by atoms with Gasteiger partial charge in [-0.3, -0.25) is 4.79 Å². The van der Waals surface area contributed by atoms with Crippen molar-refractivity contribution in [2.45, 2.75) is 6.92 Å². The van der Waals surface area contributed by atoms with Crippen LogP contribution in [0.25, 0.3) is 0 Å². The quantitative estimate of drug-likeness (QED) is 0.608. The van der Waals surface area contributed by atoms with Crippen LogP contribution in [0.15, 0.2) is 0 Å². The van der Waals surface area contributed by atoms with Crippen molar-refractivity contribution in [3.05, 3.63) is 0 Å². The first-order valence-corrected chi connectivity index (χ1v) is 5.84. The van der Waals surface area contributed by atoms with Crippen molar-refractivity contribution in [2.24, 2.45) is 5.92 Å². The van der Waals surface area contributed by atoms with Crippen LogP contribution in [-0.2, 0) is 19.7 Å². The van der Waals surface area contributed by atoms with Gasteiger partial charge in [-0.15, -0.1) is 0 Å². The van der Waals surface area contributed by atoms with Crippen molar-refractivity contribution in [2.75, 3.05) is 34.8 Å². The van der Waals surface area contributed by atoms with E-state index in [0.717, 1.165) is 8.61 Å². The minimum absolute atomic E-state index is 0.104. The van der Waals surface area contributed by atoms with E-state index in [4.69, 9.17) is 0 Å². The third kappa shape index (κ3) is 3.77. The van der Waals surface area contributed by atoms with E-state index in [0.29, 0.717) is 0 Å². The Morgan fingerprint density at radius 1 is 1.33 bits per heavy atom. The molecule has 0 heterocycles. The van der Waals surface area contributed by atoms with Crippen molar-refractivity contribution in [3.63, 3.8) is 0 Å². The molecule has 90 valence electrons. The number of rotatable bonds is 5. The molecule has 0 saturated heterocycles. The zero-order valence-corrected chi connectivity index (χ0v) is 10.5. The number of carbonyl (C=O) groups is 1. The van der Waals surface area contributed by atoms with Gasteiger partial charge >= 0.3 is 5.97 Å². The first kappa shape index (κ1) is 14.3. The Morgan fingerprint density at radius 3 is 2.13 bits per heavy atom. The van der Waals surface area contributed by atoms with E-state index in [1.165, 1.54) is 28.3 Å². The summed E-state index contributed by atoms with van der Waals surface area (Å²) in [6.07, 6.45) is 0. The average Bonchev–Trinajstić information content (AvgIpc) is 2.15. The molecule has 0 aromatic heterocycles. The summed E-state index contributed by atoms with van der Waals surface area (Å²) < 4.78 is 29.9. The molecule has 15 heavy (non-hydrogen) atoms. The molecule has 0 fully saturated rings. The third-order valence-electron chi connectivity index (χ3n) is 1.99. The lowest BCUT2D eigenvalue weighted by Gasteiger charge is -2.23. The Labute approximate surface area is 91.0 Å². The number of nitrogens with zero attached hydrogens (tertiary/aromatic N) is 2. The second kappa shape index (κ2) is 5.43. The number of esters is 1. The van der Waals surface area contributed by atoms with Gasteiger partial charge in [0.15, 0.2) is 0 Å². The summed E-state index contributed by atoms with van der Waals surface area (Å²) >= 11 is 0. The van der Waals surface area contributed by atoms with Gasteiger partial charge < -0.3 is 4.74 Å². The molecule has 0 rings (SSSR count). The molecule has 7 heteroatoms. The zero-order chi connectivity index (χ0) is 12.2. The Balaban J connectivity index is 4.51. The van der Waals surface area contributed by atoms with Crippen molar-refractivity contribution in [3.8, 4) is 0 Å². The Hall–Kier alpha value is -0.660. The summed E-state index contributed by atoms with van der Waals surface area (Å²) in [6.45, 7) is 1.72. The number of hydrogen-bond acceptors (Lipinski definition) is 4. The van der Waals surface area contributed by atoms with Crippen LogP contribution in [0, 0.1) is 5.92 Å². The lowest BCUT2D eigenvalue weighted by Crippen LogP contribution is -2.40. The fraction of sp³-hybridized carbons (Fsp3) is 0.875. The smallest absolute Gasteiger partial charge is 0.309 e. The predicted octanol–water partition coefficient (Wildman–Crippen LogP) is -0.466. The van der Waals surface area contributed by atoms with Crippen LogP contribution in [0.4, 0.5) is 0 Å².